The maximum atomic E-state index is 2.79. The van der Waals surface area contributed by atoms with Crippen LogP contribution in [-0.4, -0.2) is 6.71 Å². The maximum Gasteiger partial charge on any atom is 0.252 e. The Hall–Kier alpha value is -7.36. The van der Waals surface area contributed by atoms with Gasteiger partial charge in [0, 0.05) is 33.9 Å². The van der Waals surface area contributed by atoms with Crippen molar-refractivity contribution in [2.24, 2.45) is 0 Å². The number of aryl methyl sites for hydroxylation is 3. The van der Waals surface area contributed by atoms with Gasteiger partial charge in [-0.05, 0) is 163 Å². The Labute approximate surface area is 462 Å². The molecule has 2 nitrogen and oxygen atoms in total. The third-order valence-electron chi connectivity index (χ3n) is 16.5. The first-order valence-corrected chi connectivity index (χ1v) is 29.0. The fraction of sp³-hybridized carbons (Fsp3) is 0.270. The fourth-order valence-electron chi connectivity index (χ4n) is 12.3. The molecule has 0 fully saturated rings. The van der Waals surface area contributed by atoms with E-state index in [0.717, 1.165) is 44.9 Å². The topological polar surface area (TPSA) is 6.48 Å². The monoisotopic (exact) mass is 1000 g/mol. The average Bonchev–Trinajstić information content (AvgIpc) is 3.63. The van der Waals surface area contributed by atoms with Gasteiger partial charge in [0.25, 0.3) is 6.71 Å². The SMILES string of the molecule is CCCCc1cc(CCCC)c(N2c3ccc(-c4ccccc4)cc3B3c4cc(-c5ccccc5)ccc4N(c4c(-c5ccccc5)cc(C(C)(C)C)cc4-c4ccccc4)c4cc(C(C)(C)C)cc2c43)c(CCCC)c1. The molecule has 0 saturated carbocycles. The van der Waals surface area contributed by atoms with Gasteiger partial charge < -0.3 is 9.80 Å². The minimum atomic E-state index is -0.173. The van der Waals surface area contributed by atoms with Crippen LogP contribution in [0, 0.1) is 0 Å². The lowest BCUT2D eigenvalue weighted by atomic mass is 9.33. The highest BCUT2D eigenvalue weighted by Gasteiger charge is 2.46. The molecule has 0 bridgehead atoms. The first-order valence-electron chi connectivity index (χ1n) is 29.0. The zero-order chi connectivity index (χ0) is 53.4. The van der Waals surface area contributed by atoms with Crippen molar-refractivity contribution < 1.29 is 0 Å². The summed E-state index contributed by atoms with van der Waals surface area (Å²) in [6.45, 7) is 21.3. The van der Waals surface area contributed by atoms with Crippen LogP contribution in [0.3, 0.4) is 0 Å². The molecule has 77 heavy (non-hydrogen) atoms. The van der Waals surface area contributed by atoms with Gasteiger partial charge >= 0.3 is 0 Å². The Morgan fingerprint density at radius 3 is 1.13 bits per heavy atom. The summed E-state index contributed by atoms with van der Waals surface area (Å²) in [5.41, 5.74) is 28.3. The van der Waals surface area contributed by atoms with E-state index in [-0.39, 0.29) is 17.5 Å². The molecule has 386 valence electrons. The van der Waals surface area contributed by atoms with Crippen LogP contribution in [0.1, 0.15) is 129 Å². The molecule has 11 rings (SSSR count). The average molecular weight is 1010 g/mol. The van der Waals surface area contributed by atoms with Gasteiger partial charge in [0.15, 0.2) is 0 Å². The Bertz CT molecular complexity index is 3460. The molecular weight excluding hydrogens is 928 g/mol. The predicted octanol–water partition coefficient (Wildman–Crippen LogP) is 19.1. The number of nitrogens with zero attached hydrogens (tertiary/aromatic N) is 2. The standard InChI is InChI=1S/C74H77BN2/c1-10-13-28-51-43-58(29-14-11-2)71(59(44-51)30-15-12-3)76-66-41-39-56(52-31-20-16-21-32-52)45-64(66)75-65-46-57(53-33-22-17-23-34-53)40-42-67(65)77(69-50-61(74(7,8)9)49-68(76)70(69)75)72-62(54-35-24-18-25-36-54)47-60(73(4,5)6)48-63(72)55-37-26-19-27-38-55/h16-27,31-50H,10-15,28-30H2,1-9H3. The van der Waals surface area contributed by atoms with Crippen LogP contribution >= 0.6 is 0 Å². The van der Waals surface area contributed by atoms with E-state index < -0.39 is 0 Å². The van der Waals surface area contributed by atoms with Crippen LogP contribution in [0.5, 0.6) is 0 Å². The summed E-state index contributed by atoms with van der Waals surface area (Å²) < 4.78 is 0. The maximum absolute atomic E-state index is 2.79. The molecule has 2 aliphatic heterocycles. The Balaban J connectivity index is 1.33. The Morgan fingerprint density at radius 2 is 0.727 bits per heavy atom. The Kier molecular flexibility index (Phi) is 14.5. The second-order valence-electron chi connectivity index (χ2n) is 24.0. The van der Waals surface area contributed by atoms with E-state index in [4.69, 9.17) is 0 Å². The molecule has 0 N–H and O–H groups in total. The largest absolute Gasteiger partial charge is 0.311 e. The minimum Gasteiger partial charge on any atom is -0.311 e. The molecule has 0 unspecified atom stereocenters. The second kappa shape index (κ2) is 21.6. The first kappa shape index (κ1) is 51.7. The van der Waals surface area contributed by atoms with E-state index in [0.29, 0.717) is 0 Å². The van der Waals surface area contributed by atoms with Gasteiger partial charge in [0.2, 0.25) is 0 Å². The number of anilines is 6. The van der Waals surface area contributed by atoms with E-state index in [1.807, 2.05) is 0 Å². The molecule has 2 aliphatic rings. The second-order valence-corrected chi connectivity index (χ2v) is 24.0. The van der Waals surface area contributed by atoms with Gasteiger partial charge in [-0.25, -0.2) is 0 Å². The number of hydrogen-bond acceptors (Lipinski definition) is 2. The van der Waals surface area contributed by atoms with Crippen molar-refractivity contribution in [1.82, 2.24) is 0 Å². The minimum absolute atomic E-state index is 0.0740. The van der Waals surface area contributed by atoms with Crippen LogP contribution in [0.15, 0.2) is 194 Å². The molecule has 0 aromatic heterocycles. The van der Waals surface area contributed by atoms with Crippen molar-refractivity contribution >= 4 is 57.2 Å². The lowest BCUT2D eigenvalue weighted by Crippen LogP contribution is -2.61. The van der Waals surface area contributed by atoms with Gasteiger partial charge in [-0.15, -0.1) is 0 Å². The fourth-order valence-corrected chi connectivity index (χ4v) is 12.3. The van der Waals surface area contributed by atoms with Crippen molar-refractivity contribution in [2.75, 3.05) is 9.80 Å². The molecule has 0 amide bonds. The van der Waals surface area contributed by atoms with Gasteiger partial charge in [0.1, 0.15) is 0 Å². The van der Waals surface area contributed by atoms with E-state index in [9.17, 15) is 0 Å². The number of rotatable bonds is 15. The zero-order valence-electron chi connectivity index (χ0n) is 47.3. The van der Waals surface area contributed by atoms with Crippen molar-refractivity contribution in [3.05, 3.63) is 222 Å². The number of unbranched alkanes of at least 4 members (excludes halogenated alkanes) is 3. The molecule has 0 aliphatic carbocycles. The number of hydrogen-bond donors (Lipinski definition) is 0. The third kappa shape index (κ3) is 10.00. The highest BCUT2D eigenvalue weighted by Crippen LogP contribution is 2.53. The molecule has 9 aromatic rings. The summed E-state index contributed by atoms with van der Waals surface area (Å²) >= 11 is 0. The van der Waals surface area contributed by atoms with Crippen molar-refractivity contribution in [3.63, 3.8) is 0 Å². The van der Waals surface area contributed by atoms with Crippen LogP contribution < -0.4 is 26.2 Å². The van der Waals surface area contributed by atoms with Crippen LogP contribution in [-0.2, 0) is 30.1 Å². The summed E-state index contributed by atoms with van der Waals surface area (Å²) in [5.74, 6) is 0. The molecule has 0 saturated heterocycles. The van der Waals surface area contributed by atoms with Crippen molar-refractivity contribution in [1.29, 1.82) is 0 Å². The number of benzene rings is 9. The van der Waals surface area contributed by atoms with E-state index in [1.54, 1.807) is 0 Å². The smallest absolute Gasteiger partial charge is 0.252 e. The predicted molar refractivity (Wildman–Crippen MR) is 335 cm³/mol. The molecule has 0 atom stereocenters. The lowest BCUT2D eigenvalue weighted by Gasteiger charge is -2.47. The summed E-state index contributed by atoms with van der Waals surface area (Å²) in [4.78, 5) is 5.51. The highest BCUT2D eigenvalue weighted by atomic mass is 15.2. The summed E-state index contributed by atoms with van der Waals surface area (Å²) in [6, 6.07) is 74.8. The van der Waals surface area contributed by atoms with Crippen molar-refractivity contribution in [2.45, 2.75) is 131 Å². The van der Waals surface area contributed by atoms with E-state index >= 15 is 0 Å². The summed E-state index contributed by atoms with van der Waals surface area (Å²) in [7, 11) is 0. The van der Waals surface area contributed by atoms with Crippen LogP contribution in [0.2, 0.25) is 0 Å². The number of fused-ring (bicyclic) bond motifs is 4. The lowest BCUT2D eigenvalue weighted by molar-refractivity contribution is 0.590. The van der Waals surface area contributed by atoms with Crippen LogP contribution in [0.25, 0.3) is 44.5 Å². The van der Waals surface area contributed by atoms with Gasteiger partial charge in [-0.2, -0.15) is 0 Å². The Morgan fingerprint density at radius 1 is 0.351 bits per heavy atom. The molecule has 0 radical (unpaired) electrons. The normalized spacial score (nSPS) is 12.9. The molecule has 0 spiro atoms. The summed E-state index contributed by atoms with van der Waals surface area (Å²) in [5, 5.41) is 0. The summed E-state index contributed by atoms with van der Waals surface area (Å²) in [6.07, 6.45) is 10.2. The van der Waals surface area contributed by atoms with E-state index in [1.165, 1.54) is 136 Å². The quantitative estimate of drug-likeness (QED) is 0.0945. The van der Waals surface area contributed by atoms with Gasteiger partial charge in [-0.3, -0.25) is 0 Å². The molecule has 2 heterocycles. The molecule has 9 aromatic carbocycles. The van der Waals surface area contributed by atoms with Crippen molar-refractivity contribution in [3.8, 4) is 44.5 Å². The molecular formula is C74H77BN2. The zero-order valence-corrected chi connectivity index (χ0v) is 47.3. The van der Waals surface area contributed by atoms with Gasteiger partial charge in [0.05, 0.1) is 11.4 Å². The third-order valence-corrected chi connectivity index (χ3v) is 16.5. The van der Waals surface area contributed by atoms with E-state index in [2.05, 4.69) is 266 Å². The first-order chi connectivity index (χ1) is 37.4. The van der Waals surface area contributed by atoms with Gasteiger partial charge in [-0.1, -0.05) is 239 Å². The highest BCUT2D eigenvalue weighted by molar-refractivity contribution is 7.00. The van der Waals surface area contributed by atoms with Crippen LogP contribution in [0.4, 0.5) is 34.1 Å². The molecule has 3 heteroatoms.